The number of benzene rings is 3. The Morgan fingerprint density at radius 2 is 1.60 bits per heavy atom. The maximum atomic E-state index is 13.4. The number of hydrogen-bond donors (Lipinski definition) is 1. The molecule has 1 atom stereocenters. The number of carbonyl (C=O) groups excluding carboxylic acids is 1. The van der Waals surface area contributed by atoms with E-state index in [2.05, 4.69) is 34.1 Å². The first kappa shape index (κ1) is 22.3. The summed E-state index contributed by atoms with van der Waals surface area (Å²) in [6, 6.07) is 21.0. The predicted molar refractivity (Wildman–Crippen MR) is 141 cm³/mol. The van der Waals surface area contributed by atoms with Crippen LogP contribution in [0.1, 0.15) is 35.7 Å². The fraction of sp³-hybridized carbons (Fsp3) is 0.250. The van der Waals surface area contributed by atoms with E-state index < -0.39 is 0 Å². The number of rotatable bonds is 3. The third-order valence-corrected chi connectivity index (χ3v) is 7.51. The summed E-state index contributed by atoms with van der Waals surface area (Å²) in [4.78, 5) is 21.2. The molecule has 4 aromatic rings. The van der Waals surface area contributed by atoms with Crippen LogP contribution in [0.25, 0.3) is 10.9 Å². The summed E-state index contributed by atoms with van der Waals surface area (Å²) in [6.45, 7) is 2.72. The molecule has 1 fully saturated rings. The van der Waals surface area contributed by atoms with E-state index in [0.29, 0.717) is 28.8 Å². The van der Waals surface area contributed by atoms with Crippen molar-refractivity contribution in [2.75, 3.05) is 24.5 Å². The molecule has 1 saturated heterocycles. The zero-order valence-electron chi connectivity index (χ0n) is 19.1. The number of fused-ring (bicyclic) bond motifs is 3. The molecule has 0 bridgehead atoms. The molecule has 3 aromatic carbocycles. The molecule has 1 amide bonds. The SMILES string of the molecule is O=C(Oc1ccc(Cl)cc1)N1CCc2c([nH]c3ccc(Cl)cc23)C1c1ccc(N2CCCC2)cc1. The zero-order valence-corrected chi connectivity index (χ0v) is 20.6. The third kappa shape index (κ3) is 4.24. The fourth-order valence-electron chi connectivity index (χ4n) is 5.31. The Morgan fingerprint density at radius 1 is 0.886 bits per heavy atom. The van der Waals surface area contributed by atoms with Crippen molar-refractivity contribution in [3.05, 3.63) is 93.6 Å². The van der Waals surface area contributed by atoms with E-state index in [1.165, 1.54) is 24.1 Å². The van der Waals surface area contributed by atoms with Crippen LogP contribution in [-0.2, 0) is 6.42 Å². The smallest absolute Gasteiger partial charge is 0.410 e. The van der Waals surface area contributed by atoms with Gasteiger partial charge in [0.25, 0.3) is 0 Å². The largest absolute Gasteiger partial charge is 0.416 e. The minimum absolute atomic E-state index is 0.294. The van der Waals surface area contributed by atoms with Gasteiger partial charge in [0.2, 0.25) is 0 Å². The lowest BCUT2D eigenvalue weighted by molar-refractivity contribution is 0.135. The van der Waals surface area contributed by atoms with Crippen LogP contribution < -0.4 is 9.64 Å². The summed E-state index contributed by atoms with van der Waals surface area (Å²) in [5.41, 5.74) is 5.49. The molecule has 3 heterocycles. The Bertz CT molecular complexity index is 1380. The van der Waals surface area contributed by atoms with E-state index in [1.807, 2.05) is 18.2 Å². The Morgan fingerprint density at radius 3 is 2.34 bits per heavy atom. The summed E-state index contributed by atoms with van der Waals surface area (Å²) in [5.74, 6) is 0.469. The summed E-state index contributed by atoms with van der Waals surface area (Å²) in [7, 11) is 0. The molecule has 0 radical (unpaired) electrons. The van der Waals surface area contributed by atoms with Crippen molar-refractivity contribution >= 4 is 45.9 Å². The van der Waals surface area contributed by atoms with Crippen molar-refractivity contribution < 1.29 is 9.53 Å². The van der Waals surface area contributed by atoms with E-state index >= 15 is 0 Å². The van der Waals surface area contributed by atoms with Gasteiger partial charge in [0.1, 0.15) is 11.8 Å². The van der Waals surface area contributed by atoms with Crippen LogP contribution >= 0.6 is 23.2 Å². The standard InChI is InChI=1S/C28H25Cl2N3O2/c29-19-5-10-22(11-6-19)35-28(34)33-16-13-23-24-17-20(30)7-12-25(24)31-26(23)27(33)18-3-8-21(9-4-18)32-14-1-2-15-32/h3-12,17,27,31H,1-2,13-16H2. The number of H-pyrrole nitrogens is 1. The van der Waals surface area contributed by atoms with E-state index in [-0.39, 0.29) is 12.1 Å². The molecule has 0 saturated carbocycles. The van der Waals surface area contributed by atoms with Gasteiger partial charge in [-0.2, -0.15) is 0 Å². The van der Waals surface area contributed by atoms with Crippen molar-refractivity contribution in [1.82, 2.24) is 9.88 Å². The van der Waals surface area contributed by atoms with Crippen LogP contribution in [-0.4, -0.2) is 35.6 Å². The first-order valence-electron chi connectivity index (χ1n) is 12.0. The molecule has 0 aliphatic carbocycles. The second-order valence-corrected chi connectivity index (χ2v) is 10.0. The first-order chi connectivity index (χ1) is 17.1. The van der Waals surface area contributed by atoms with Crippen molar-refractivity contribution in [2.45, 2.75) is 25.3 Å². The molecule has 1 unspecified atom stereocenters. The highest BCUT2D eigenvalue weighted by Crippen LogP contribution is 2.40. The lowest BCUT2D eigenvalue weighted by atomic mass is 9.92. The zero-order chi connectivity index (χ0) is 23.9. The van der Waals surface area contributed by atoms with E-state index in [9.17, 15) is 4.79 Å². The van der Waals surface area contributed by atoms with Gasteiger partial charge in [0.15, 0.2) is 0 Å². The van der Waals surface area contributed by atoms with Gasteiger partial charge in [0, 0.05) is 52.0 Å². The van der Waals surface area contributed by atoms with Gasteiger partial charge in [-0.05, 0) is 85.0 Å². The maximum Gasteiger partial charge on any atom is 0.416 e. The molecular weight excluding hydrogens is 481 g/mol. The molecule has 0 spiro atoms. The van der Waals surface area contributed by atoms with Gasteiger partial charge >= 0.3 is 6.09 Å². The summed E-state index contributed by atoms with van der Waals surface area (Å²) >= 11 is 12.3. The maximum absolute atomic E-state index is 13.4. The molecule has 6 rings (SSSR count). The molecule has 2 aliphatic heterocycles. The van der Waals surface area contributed by atoms with Crippen LogP contribution in [0, 0.1) is 0 Å². The number of amides is 1. The molecule has 1 N–H and O–H groups in total. The number of anilines is 1. The highest BCUT2D eigenvalue weighted by atomic mass is 35.5. The quantitative estimate of drug-likeness (QED) is 0.319. The van der Waals surface area contributed by atoms with Gasteiger partial charge in [-0.25, -0.2) is 4.79 Å². The van der Waals surface area contributed by atoms with Crippen LogP contribution in [0.3, 0.4) is 0 Å². The van der Waals surface area contributed by atoms with Crippen molar-refractivity contribution in [3.63, 3.8) is 0 Å². The Labute approximate surface area is 214 Å². The number of nitrogens with zero attached hydrogens (tertiary/aromatic N) is 2. The molecule has 1 aromatic heterocycles. The normalized spacial score (nSPS) is 17.6. The Kier molecular flexibility index (Phi) is 5.83. The highest BCUT2D eigenvalue weighted by molar-refractivity contribution is 6.31. The van der Waals surface area contributed by atoms with Crippen LogP contribution in [0.15, 0.2) is 66.7 Å². The molecule has 2 aliphatic rings. The molecular formula is C28H25Cl2N3O2. The average molecular weight is 506 g/mol. The third-order valence-electron chi connectivity index (χ3n) is 7.02. The van der Waals surface area contributed by atoms with Gasteiger partial charge in [-0.15, -0.1) is 0 Å². The topological polar surface area (TPSA) is 48.6 Å². The number of carbonyl (C=O) groups is 1. The van der Waals surface area contributed by atoms with Crippen LogP contribution in [0.5, 0.6) is 5.75 Å². The fourth-order valence-corrected chi connectivity index (χ4v) is 5.61. The Hall–Kier alpha value is -3.15. The van der Waals surface area contributed by atoms with Gasteiger partial charge in [-0.1, -0.05) is 35.3 Å². The number of hydrogen-bond acceptors (Lipinski definition) is 3. The number of aromatic nitrogens is 1. The molecule has 5 nitrogen and oxygen atoms in total. The number of nitrogens with one attached hydrogen (secondary N) is 1. The Balaban J connectivity index is 1.39. The number of aromatic amines is 1. The van der Waals surface area contributed by atoms with Gasteiger partial charge in [-0.3, -0.25) is 4.90 Å². The van der Waals surface area contributed by atoms with Crippen LogP contribution in [0.2, 0.25) is 10.0 Å². The summed E-state index contributed by atoms with van der Waals surface area (Å²) < 4.78 is 5.76. The van der Waals surface area contributed by atoms with E-state index in [0.717, 1.165) is 35.2 Å². The lowest BCUT2D eigenvalue weighted by Crippen LogP contribution is -2.42. The minimum atomic E-state index is -0.386. The molecule has 178 valence electrons. The number of ether oxygens (including phenoxy) is 1. The van der Waals surface area contributed by atoms with Crippen molar-refractivity contribution in [2.24, 2.45) is 0 Å². The summed E-state index contributed by atoms with van der Waals surface area (Å²) in [6.07, 6.45) is 2.79. The number of halogens is 2. The highest BCUT2D eigenvalue weighted by Gasteiger charge is 2.36. The van der Waals surface area contributed by atoms with Gasteiger partial charge < -0.3 is 14.6 Å². The second-order valence-electron chi connectivity index (χ2n) is 9.16. The van der Waals surface area contributed by atoms with Crippen molar-refractivity contribution in [1.29, 1.82) is 0 Å². The second kappa shape index (κ2) is 9.14. The van der Waals surface area contributed by atoms with Crippen LogP contribution in [0.4, 0.5) is 10.5 Å². The monoisotopic (exact) mass is 505 g/mol. The molecule has 7 heteroatoms. The van der Waals surface area contributed by atoms with E-state index in [4.69, 9.17) is 27.9 Å². The average Bonchev–Trinajstić information content (AvgIpc) is 3.53. The van der Waals surface area contributed by atoms with Gasteiger partial charge in [0.05, 0.1) is 0 Å². The lowest BCUT2D eigenvalue weighted by Gasteiger charge is -2.35. The summed E-state index contributed by atoms with van der Waals surface area (Å²) in [5, 5.41) is 2.41. The molecule has 35 heavy (non-hydrogen) atoms. The first-order valence-corrected chi connectivity index (χ1v) is 12.7. The van der Waals surface area contributed by atoms with E-state index in [1.54, 1.807) is 29.2 Å². The predicted octanol–water partition coefficient (Wildman–Crippen LogP) is 7.22. The van der Waals surface area contributed by atoms with Crippen molar-refractivity contribution in [3.8, 4) is 5.75 Å². The minimum Gasteiger partial charge on any atom is -0.410 e.